The average Bonchev–Trinajstić information content (AvgIpc) is 1.36. The topological polar surface area (TPSA) is 527 Å². The van der Waals surface area contributed by atoms with Crippen LogP contribution in [0.2, 0.25) is 0 Å². The number of amidine groups is 5. The minimum absolute atomic E-state index is 0.000285. The molecule has 0 saturated carbocycles. The zero-order valence-corrected chi connectivity index (χ0v) is 65.9. The first-order valence-electron chi connectivity index (χ1n) is 33.9. The Labute approximate surface area is 676 Å². The Bertz CT molecular complexity index is 6010. The Morgan fingerprint density at radius 2 is 0.661 bits per heavy atom. The SMILES string of the molecule is C#Cc1cccc(C(N)=NC(N)=Nc2nc3ccccc3s2)c1.COc1cc(C(N)=NC(N)=Nc2nc3ccccc3s2)cc(OC)c1OC.Cc1cc(C(N)=NC(N)=Nc2nc3ccccc3s2)ccn1.Cc1cc(C(N)=NC(N)=Nc2nc3ccccc3s2)ccn1.NC(=Nc1nc2ccccc2s1)N=C(N)c1cnccn1. The molecule has 0 amide bonds. The standard InChI is InChI=1S/C18H19N5O3S.C17H13N5S.2C15H14N6S.C13H11N7S/c1-24-12-8-10(9-13(25-2)15(12)26-3)16(19)22-17(20)23-18-21-11-6-4-5-7-14(11)27-18;1-2-11-6-5-7-12(10-11)15(18)21-16(19)22-17-20-13-8-3-4-9-14(13)23-17;2*1-9-8-10(6-7-18-9)13(16)20-14(17)21-15-19-11-4-2-3-5-12(11)22-15;14-11(9-7-16-5-6-17-9)19-12(15)20-13-18-8-3-1-2-4-10(8)21-13/h4-9H,1-3H3,(H4,19,20,21,22,23);1,3-10H,(H4,18,19,20,21,22);2*2-8H,1H3,(H4,16,17,19,20,21);1-7H,(H4,14,15,18,19,20). The number of methoxy groups -OCH3 is 3. The van der Waals surface area contributed by atoms with E-state index in [0.29, 0.717) is 71.4 Å². The van der Waals surface area contributed by atoms with Gasteiger partial charge in [0, 0.05) is 64.0 Å². The van der Waals surface area contributed by atoms with Gasteiger partial charge in [-0.1, -0.05) is 135 Å². The molecular formula is C78H71N29O3S5. The number of aryl methyl sites for hydroxylation is 2. The highest BCUT2D eigenvalue weighted by Gasteiger charge is 2.17. The first kappa shape index (κ1) is 81.0. The summed E-state index contributed by atoms with van der Waals surface area (Å²) in [6.07, 6.45) is 13.3. The molecule has 15 rings (SSSR count). The molecule has 115 heavy (non-hydrogen) atoms. The molecule has 15 aromatic rings. The van der Waals surface area contributed by atoms with Crippen molar-refractivity contribution >= 4 is 192 Å². The lowest BCUT2D eigenvalue weighted by Crippen LogP contribution is -2.20. The Balaban J connectivity index is 0.000000142. The van der Waals surface area contributed by atoms with Gasteiger partial charge in [-0.05, 0) is 123 Å². The molecule has 0 spiro atoms. The average molecular weight is 1620 g/mol. The first-order chi connectivity index (χ1) is 55.7. The predicted octanol–water partition coefficient (Wildman–Crippen LogP) is 11.4. The number of terminal acetylenes is 1. The van der Waals surface area contributed by atoms with Gasteiger partial charge >= 0.3 is 0 Å². The molecule has 20 N–H and O–H groups in total. The number of nitrogens with zero attached hydrogens (tertiary/aromatic N) is 19. The number of aliphatic imine (C=N–C) groups is 10. The molecule has 576 valence electrons. The summed E-state index contributed by atoms with van der Waals surface area (Å²) in [4.78, 5) is 79.5. The summed E-state index contributed by atoms with van der Waals surface area (Å²) >= 11 is 7.20. The van der Waals surface area contributed by atoms with Crippen LogP contribution in [0.3, 0.4) is 0 Å². The zero-order valence-electron chi connectivity index (χ0n) is 61.8. The van der Waals surface area contributed by atoms with Crippen molar-refractivity contribution in [3.05, 3.63) is 258 Å². The summed E-state index contributed by atoms with van der Waals surface area (Å²) in [6.45, 7) is 3.77. The van der Waals surface area contributed by atoms with Crippen molar-refractivity contribution in [2.24, 2.45) is 107 Å². The van der Waals surface area contributed by atoms with E-state index < -0.39 is 0 Å². The van der Waals surface area contributed by atoms with Crippen molar-refractivity contribution in [1.29, 1.82) is 0 Å². The number of pyridine rings is 2. The Hall–Kier alpha value is -15.0. The van der Waals surface area contributed by atoms with Crippen molar-refractivity contribution in [2.45, 2.75) is 13.8 Å². The molecular weight excluding hydrogens is 1550 g/mol. The maximum atomic E-state index is 6.08. The minimum atomic E-state index is 0.000285. The van der Waals surface area contributed by atoms with Crippen LogP contribution >= 0.6 is 56.7 Å². The summed E-state index contributed by atoms with van der Waals surface area (Å²) in [5, 5.41) is 2.69. The van der Waals surface area contributed by atoms with Gasteiger partial charge in [0.05, 0.1) is 78.6 Å². The third-order valence-corrected chi connectivity index (χ3v) is 19.8. The van der Waals surface area contributed by atoms with Crippen LogP contribution in [0.5, 0.6) is 17.2 Å². The van der Waals surface area contributed by atoms with Crippen LogP contribution in [0, 0.1) is 26.2 Å². The van der Waals surface area contributed by atoms with Crippen LogP contribution in [0.1, 0.15) is 44.9 Å². The van der Waals surface area contributed by atoms with Gasteiger partial charge in [-0.15, -0.1) is 6.42 Å². The molecule has 0 fully saturated rings. The molecule has 0 aliphatic rings. The van der Waals surface area contributed by atoms with Crippen LogP contribution in [0.4, 0.5) is 25.7 Å². The van der Waals surface area contributed by atoms with Crippen molar-refractivity contribution in [2.75, 3.05) is 21.3 Å². The number of hydrogen-bond donors (Lipinski definition) is 10. The summed E-state index contributed by atoms with van der Waals surface area (Å²) in [5.41, 5.74) is 69.0. The van der Waals surface area contributed by atoms with Crippen LogP contribution in [0.15, 0.2) is 263 Å². The van der Waals surface area contributed by atoms with Crippen LogP contribution < -0.4 is 71.5 Å². The van der Waals surface area contributed by atoms with E-state index in [0.717, 1.165) is 79.2 Å². The molecule has 7 aromatic carbocycles. The van der Waals surface area contributed by atoms with E-state index in [1.165, 1.54) is 90.4 Å². The van der Waals surface area contributed by atoms with Crippen molar-refractivity contribution < 1.29 is 14.2 Å². The first-order valence-corrected chi connectivity index (χ1v) is 37.9. The summed E-state index contributed by atoms with van der Waals surface area (Å²) in [6, 6.07) is 56.7. The number of guanidine groups is 5. The van der Waals surface area contributed by atoms with Crippen molar-refractivity contribution in [3.8, 4) is 29.6 Å². The number of benzene rings is 7. The number of para-hydroxylation sites is 5. The van der Waals surface area contributed by atoms with Gasteiger partial charge in [0.25, 0.3) is 0 Å². The summed E-state index contributed by atoms with van der Waals surface area (Å²) < 4.78 is 21.1. The highest BCUT2D eigenvalue weighted by molar-refractivity contribution is 7.23. The monoisotopic (exact) mass is 1620 g/mol. The smallest absolute Gasteiger partial charge is 0.224 e. The summed E-state index contributed by atoms with van der Waals surface area (Å²) in [5.74, 6) is 5.34. The molecule has 8 heterocycles. The number of fused-ring (bicyclic) bond motifs is 5. The number of thiazole rings is 5. The number of hydrogen-bond acceptors (Lipinski definition) is 22. The van der Waals surface area contributed by atoms with E-state index in [2.05, 4.69) is 101 Å². The Kier molecular flexibility index (Phi) is 27.5. The normalized spacial score (nSPS) is 12.6. The Morgan fingerprint density at radius 3 is 0.957 bits per heavy atom. The fourth-order valence-corrected chi connectivity index (χ4v) is 14.1. The van der Waals surface area contributed by atoms with Gasteiger partial charge in [0.1, 0.15) is 29.0 Å². The lowest BCUT2D eigenvalue weighted by atomic mass is 10.1. The van der Waals surface area contributed by atoms with Gasteiger partial charge in [-0.25, -0.2) is 29.9 Å². The second-order valence-electron chi connectivity index (χ2n) is 23.3. The third kappa shape index (κ3) is 22.8. The molecule has 32 nitrogen and oxygen atoms in total. The van der Waals surface area contributed by atoms with E-state index in [-0.39, 0.29) is 47.3 Å². The maximum absolute atomic E-state index is 6.08. The van der Waals surface area contributed by atoms with Crippen molar-refractivity contribution in [3.63, 3.8) is 0 Å². The van der Waals surface area contributed by atoms with Gasteiger partial charge in [-0.2, -0.15) is 49.9 Å². The number of aromatic nitrogens is 9. The van der Waals surface area contributed by atoms with E-state index in [1.54, 1.807) is 48.9 Å². The lowest BCUT2D eigenvalue weighted by Gasteiger charge is -2.13. The predicted molar refractivity (Wildman–Crippen MR) is 469 cm³/mol. The maximum Gasteiger partial charge on any atom is 0.224 e. The fraction of sp³-hybridized carbons (Fsp3) is 0.0641. The van der Waals surface area contributed by atoms with Gasteiger partial charge in [-0.3, -0.25) is 15.0 Å². The third-order valence-electron chi connectivity index (χ3n) is 15.1. The molecule has 0 aliphatic carbocycles. The molecule has 0 aliphatic heterocycles. The van der Waals surface area contributed by atoms with E-state index in [4.69, 9.17) is 78.0 Å². The highest BCUT2D eigenvalue weighted by atomic mass is 32.1. The fourth-order valence-electron chi connectivity index (χ4n) is 9.93. The number of rotatable bonds is 13. The largest absolute Gasteiger partial charge is 0.493 e. The van der Waals surface area contributed by atoms with Gasteiger partial charge in [0.2, 0.25) is 61.2 Å². The lowest BCUT2D eigenvalue weighted by molar-refractivity contribution is 0.324. The van der Waals surface area contributed by atoms with Gasteiger partial charge < -0.3 is 71.5 Å². The minimum Gasteiger partial charge on any atom is -0.493 e. The molecule has 8 aromatic heterocycles. The van der Waals surface area contributed by atoms with E-state index >= 15 is 0 Å². The molecule has 37 heteroatoms. The zero-order chi connectivity index (χ0) is 81.3. The van der Waals surface area contributed by atoms with E-state index in [9.17, 15) is 0 Å². The molecule has 0 atom stereocenters. The second-order valence-corrected chi connectivity index (χ2v) is 28.3. The van der Waals surface area contributed by atoms with Gasteiger partial charge in [0.15, 0.2) is 17.3 Å². The molecule has 0 radical (unpaired) electrons. The second kappa shape index (κ2) is 39.1. The van der Waals surface area contributed by atoms with Crippen LogP contribution in [0.25, 0.3) is 51.1 Å². The van der Waals surface area contributed by atoms with Crippen LogP contribution in [-0.4, -0.2) is 125 Å². The summed E-state index contributed by atoms with van der Waals surface area (Å²) in [7, 11) is 4.58. The molecule has 0 bridgehead atoms. The Morgan fingerprint density at radius 1 is 0.339 bits per heavy atom. The highest BCUT2D eigenvalue weighted by Crippen LogP contribution is 2.39. The quantitative estimate of drug-likeness (QED) is 0.0291. The molecule has 0 unspecified atom stereocenters. The van der Waals surface area contributed by atoms with Crippen LogP contribution in [-0.2, 0) is 0 Å². The number of ether oxygens (including phenoxy) is 3. The van der Waals surface area contributed by atoms with E-state index in [1.807, 2.05) is 166 Å². The number of nitrogens with two attached hydrogens (primary N) is 10. The van der Waals surface area contributed by atoms with Crippen molar-refractivity contribution in [1.82, 2.24) is 44.9 Å². The molecule has 0 saturated heterocycles.